The van der Waals surface area contributed by atoms with Crippen molar-refractivity contribution in [2.75, 3.05) is 13.1 Å². The van der Waals surface area contributed by atoms with Crippen LogP contribution in [0.2, 0.25) is 0 Å². The maximum atomic E-state index is 12.3. The van der Waals surface area contributed by atoms with E-state index in [1.807, 2.05) is 52.0 Å². The zero-order chi connectivity index (χ0) is 15.4. The molecule has 4 nitrogen and oxygen atoms in total. The summed E-state index contributed by atoms with van der Waals surface area (Å²) in [5.74, 6) is 0.828. The Labute approximate surface area is 126 Å². The van der Waals surface area contributed by atoms with Crippen LogP contribution in [-0.2, 0) is 4.79 Å². The number of carbonyl (C=O) groups is 1. The molecule has 0 aliphatic carbocycles. The Hall–Kier alpha value is -1.81. The molecule has 1 aliphatic heterocycles. The van der Waals surface area contributed by atoms with Crippen LogP contribution in [0.5, 0.6) is 5.75 Å². The van der Waals surface area contributed by atoms with Gasteiger partial charge >= 0.3 is 0 Å². The second kappa shape index (κ2) is 6.76. The molecular weight excluding hydrogens is 264 g/mol. The Morgan fingerprint density at radius 1 is 1.24 bits per heavy atom. The summed E-state index contributed by atoms with van der Waals surface area (Å²) in [5.41, 5.74) is 3.01. The second-order valence-corrected chi connectivity index (χ2v) is 5.73. The van der Waals surface area contributed by atoms with Crippen LogP contribution in [-0.4, -0.2) is 25.1 Å². The molecule has 1 atom stereocenters. The summed E-state index contributed by atoms with van der Waals surface area (Å²) in [6, 6.07) is 7.76. The first-order valence-electron chi connectivity index (χ1n) is 7.44. The highest BCUT2D eigenvalue weighted by molar-refractivity contribution is 5.94. The molecule has 1 heterocycles. The van der Waals surface area contributed by atoms with Crippen LogP contribution in [0.3, 0.4) is 0 Å². The first-order valence-corrected chi connectivity index (χ1v) is 7.44. The third kappa shape index (κ3) is 3.85. The second-order valence-electron chi connectivity index (χ2n) is 5.73. The van der Waals surface area contributed by atoms with Crippen molar-refractivity contribution < 1.29 is 9.53 Å². The smallest absolute Gasteiger partial charge is 0.247 e. The van der Waals surface area contributed by atoms with Crippen molar-refractivity contribution in [2.45, 2.75) is 39.8 Å². The molecule has 2 N–H and O–H groups in total. The topological polar surface area (TPSA) is 50.4 Å². The quantitative estimate of drug-likeness (QED) is 0.819. The zero-order valence-electron chi connectivity index (χ0n) is 13.2. The minimum atomic E-state index is -0.0870. The van der Waals surface area contributed by atoms with Gasteiger partial charge in [0.15, 0.2) is 0 Å². The zero-order valence-corrected chi connectivity index (χ0v) is 13.2. The first kappa shape index (κ1) is 15.6. The van der Waals surface area contributed by atoms with Crippen LogP contribution in [0.1, 0.15) is 39.3 Å². The standard InChI is InChI=1S/C17H24N2O2/c1-11(2)21-16-8-6-5-7-15(16)13(4)19-17(20)12(3)14-9-18-10-14/h5-8,11,13,18H,9-10H2,1-4H3,(H,19,20). The largest absolute Gasteiger partial charge is 0.491 e. The number of hydrogen-bond donors (Lipinski definition) is 2. The lowest BCUT2D eigenvalue weighted by molar-refractivity contribution is -0.118. The van der Waals surface area contributed by atoms with E-state index >= 15 is 0 Å². The average molecular weight is 288 g/mol. The van der Waals surface area contributed by atoms with Crippen molar-refractivity contribution in [1.29, 1.82) is 0 Å². The van der Waals surface area contributed by atoms with Crippen molar-refractivity contribution in [3.63, 3.8) is 0 Å². The van der Waals surface area contributed by atoms with Crippen LogP contribution in [0.25, 0.3) is 0 Å². The van der Waals surface area contributed by atoms with E-state index < -0.39 is 0 Å². The maximum absolute atomic E-state index is 12.3. The van der Waals surface area contributed by atoms with E-state index in [0.717, 1.165) is 30.0 Å². The molecule has 0 aromatic heterocycles. The lowest BCUT2D eigenvalue weighted by Crippen LogP contribution is -2.38. The van der Waals surface area contributed by atoms with Gasteiger partial charge in [0.05, 0.1) is 12.1 Å². The fourth-order valence-electron chi connectivity index (χ4n) is 2.26. The van der Waals surface area contributed by atoms with E-state index in [2.05, 4.69) is 10.6 Å². The van der Waals surface area contributed by atoms with Crippen LogP contribution < -0.4 is 15.4 Å². The highest BCUT2D eigenvalue weighted by Crippen LogP contribution is 2.26. The Balaban J connectivity index is 2.09. The van der Waals surface area contributed by atoms with E-state index in [1.54, 1.807) is 0 Å². The van der Waals surface area contributed by atoms with Crippen molar-refractivity contribution in [3.8, 4) is 5.75 Å². The molecule has 1 unspecified atom stereocenters. The normalized spacial score (nSPS) is 15.4. The average Bonchev–Trinajstić information content (AvgIpc) is 2.36. The third-order valence-electron chi connectivity index (χ3n) is 3.64. The number of para-hydroxylation sites is 1. The molecule has 1 aliphatic rings. The first-order chi connectivity index (χ1) is 9.99. The molecule has 0 bridgehead atoms. The highest BCUT2D eigenvalue weighted by Gasteiger charge is 2.19. The minimum absolute atomic E-state index is 0.00153. The molecule has 1 saturated heterocycles. The Morgan fingerprint density at radius 2 is 1.90 bits per heavy atom. The van der Waals surface area contributed by atoms with E-state index in [-0.39, 0.29) is 18.1 Å². The predicted octanol–water partition coefficient (Wildman–Crippen LogP) is 2.57. The van der Waals surface area contributed by atoms with Gasteiger partial charge in [-0.3, -0.25) is 4.79 Å². The Morgan fingerprint density at radius 3 is 2.48 bits per heavy atom. The molecule has 0 saturated carbocycles. The van der Waals surface area contributed by atoms with Crippen LogP contribution in [0, 0.1) is 0 Å². The molecule has 21 heavy (non-hydrogen) atoms. The molecule has 1 aromatic rings. The number of benzene rings is 1. The molecule has 114 valence electrons. The van der Waals surface area contributed by atoms with Gasteiger partial charge in [0, 0.05) is 24.2 Å². The monoisotopic (exact) mass is 288 g/mol. The molecule has 0 spiro atoms. The van der Waals surface area contributed by atoms with Gasteiger partial charge in [-0.25, -0.2) is 0 Å². The van der Waals surface area contributed by atoms with E-state index in [4.69, 9.17) is 4.74 Å². The summed E-state index contributed by atoms with van der Waals surface area (Å²) in [6.07, 6.45) is 0.110. The molecule has 4 heteroatoms. The van der Waals surface area contributed by atoms with Crippen molar-refractivity contribution in [2.24, 2.45) is 0 Å². The number of ether oxygens (including phenoxy) is 1. The van der Waals surface area contributed by atoms with Crippen molar-refractivity contribution >= 4 is 5.91 Å². The van der Waals surface area contributed by atoms with Gasteiger partial charge < -0.3 is 15.4 Å². The maximum Gasteiger partial charge on any atom is 0.247 e. The minimum Gasteiger partial charge on any atom is -0.491 e. The molecule has 0 radical (unpaired) electrons. The van der Waals surface area contributed by atoms with Crippen molar-refractivity contribution in [3.05, 3.63) is 41.0 Å². The molecule has 1 amide bonds. The van der Waals surface area contributed by atoms with Gasteiger partial charge in [-0.1, -0.05) is 18.2 Å². The summed E-state index contributed by atoms with van der Waals surface area (Å²) in [6.45, 7) is 9.50. The van der Waals surface area contributed by atoms with Gasteiger partial charge in [0.2, 0.25) is 5.91 Å². The lowest BCUT2D eigenvalue weighted by Gasteiger charge is -2.23. The number of rotatable bonds is 5. The summed E-state index contributed by atoms with van der Waals surface area (Å²) in [7, 11) is 0. The van der Waals surface area contributed by atoms with Gasteiger partial charge in [-0.05, 0) is 39.3 Å². The SMILES string of the molecule is CC(C(=O)NC(C)c1ccccc1OC(C)C)=C1CNC1. The number of hydrogen-bond acceptors (Lipinski definition) is 3. The van der Waals surface area contributed by atoms with Gasteiger partial charge in [0.25, 0.3) is 0 Å². The Bertz CT molecular complexity index is 543. The van der Waals surface area contributed by atoms with Gasteiger partial charge in [0.1, 0.15) is 5.75 Å². The van der Waals surface area contributed by atoms with Gasteiger partial charge in [-0.2, -0.15) is 0 Å². The molecular formula is C17H24N2O2. The number of carbonyl (C=O) groups excluding carboxylic acids is 1. The van der Waals surface area contributed by atoms with Gasteiger partial charge in [-0.15, -0.1) is 0 Å². The van der Waals surface area contributed by atoms with Crippen LogP contribution >= 0.6 is 0 Å². The fraction of sp³-hybridized carbons (Fsp3) is 0.471. The van der Waals surface area contributed by atoms with Crippen LogP contribution in [0.4, 0.5) is 0 Å². The fourth-order valence-corrected chi connectivity index (χ4v) is 2.26. The van der Waals surface area contributed by atoms with E-state index in [1.165, 1.54) is 5.57 Å². The third-order valence-corrected chi connectivity index (χ3v) is 3.64. The molecule has 1 aromatic carbocycles. The Kier molecular flexibility index (Phi) is 5.02. The summed E-state index contributed by atoms with van der Waals surface area (Å²) < 4.78 is 5.81. The summed E-state index contributed by atoms with van der Waals surface area (Å²) in [4.78, 5) is 12.3. The molecule has 1 fully saturated rings. The van der Waals surface area contributed by atoms with E-state index in [9.17, 15) is 4.79 Å². The van der Waals surface area contributed by atoms with Crippen LogP contribution in [0.15, 0.2) is 35.4 Å². The van der Waals surface area contributed by atoms with E-state index in [0.29, 0.717) is 0 Å². The molecule has 2 rings (SSSR count). The summed E-state index contributed by atoms with van der Waals surface area (Å²) in [5, 5.41) is 6.21. The summed E-state index contributed by atoms with van der Waals surface area (Å²) >= 11 is 0. The highest BCUT2D eigenvalue weighted by atomic mass is 16.5. The number of amides is 1. The predicted molar refractivity (Wildman–Crippen MR) is 84.3 cm³/mol. The van der Waals surface area contributed by atoms with Crippen molar-refractivity contribution in [1.82, 2.24) is 10.6 Å². The lowest BCUT2D eigenvalue weighted by atomic mass is 10.0. The number of nitrogens with one attached hydrogen (secondary N) is 2.